The summed E-state index contributed by atoms with van der Waals surface area (Å²) in [6.45, 7) is 9.78. The van der Waals surface area contributed by atoms with Crippen molar-refractivity contribution >= 4 is 17.2 Å². The molecule has 1 aromatic heterocycles. The molecule has 1 aromatic carbocycles. The van der Waals surface area contributed by atoms with Gasteiger partial charge in [0.05, 0.1) is 0 Å². The second-order valence-electron chi connectivity index (χ2n) is 8.21. The highest BCUT2D eigenvalue weighted by Crippen LogP contribution is 2.35. The van der Waals surface area contributed by atoms with E-state index in [0.29, 0.717) is 12.5 Å². The minimum atomic E-state index is -0.214. The number of aryl methyl sites for hydroxylation is 1. The van der Waals surface area contributed by atoms with E-state index in [9.17, 15) is 9.18 Å². The third kappa shape index (κ3) is 5.44. The predicted octanol–water partition coefficient (Wildman–Crippen LogP) is 4.29. The largest absolute Gasteiger partial charge is 0.375 e. The number of methoxy groups -OCH3 is 1. The molecular formula is C23H31FN2O2S. The lowest BCUT2D eigenvalue weighted by Gasteiger charge is -2.31. The SMILES string of the molecule is COCC(=O)N(CC1CN(Cc2sccc2C)CC1c1ccc(F)cc1)C(C)C. The molecule has 0 radical (unpaired) electrons. The van der Waals surface area contributed by atoms with Crippen molar-refractivity contribution in [3.05, 3.63) is 57.5 Å². The average molecular weight is 419 g/mol. The third-order valence-electron chi connectivity index (χ3n) is 5.79. The van der Waals surface area contributed by atoms with Crippen LogP contribution in [0.4, 0.5) is 4.39 Å². The van der Waals surface area contributed by atoms with E-state index in [4.69, 9.17) is 4.74 Å². The van der Waals surface area contributed by atoms with E-state index in [-0.39, 0.29) is 30.3 Å². The summed E-state index contributed by atoms with van der Waals surface area (Å²) >= 11 is 1.79. The lowest BCUT2D eigenvalue weighted by molar-refractivity contribution is -0.137. The minimum Gasteiger partial charge on any atom is -0.375 e. The van der Waals surface area contributed by atoms with E-state index >= 15 is 0 Å². The number of benzene rings is 1. The van der Waals surface area contributed by atoms with E-state index < -0.39 is 0 Å². The quantitative estimate of drug-likeness (QED) is 0.641. The first kappa shape index (κ1) is 21.9. The topological polar surface area (TPSA) is 32.8 Å². The summed E-state index contributed by atoms with van der Waals surface area (Å²) in [5.74, 6) is 0.373. The van der Waals surface area contributed by atoms with Crippen LogP contribution in [0, 0.1) is 18.7 Å². The normalized spacial score (nSPS) is 19.8. The van der Waals surface area contributed by atoms with E-state index in [0.717, 1.165) is 25.2 Å². The molecule has 2 aromatic rings. The number of thiophene rings is 1. The molecule has 6 heteroatoms. The van der Waals surface area contributed by atoms with Gasteiger partial charge >= 0.3 is 0 Å². The highest BCUT2D eigenvalue weighted by molar-refractivity contribution is 7.10. The number of hydrogen-bond donors (Lipinski definition) is 0. The molecule has 1 fully saturated rings. The van der Waals surface area contributed by atoms with Crippen LogP contribution in [0.25, 0.3) is 0 Å². The zero-order valence-corrected chi connectivity index (χ0v) is 18.5. The molecule has 2 heterocycles. The molecule has 0 aliphatic carbocycles. The first-order chi connectivity index (χ1) is 13.9. The summed E-state index contributed by atoms with van der Waals surface area (Å²) in [6.07, 6.45) is 0. The summed E-state index contributed by atoms with van der Waals surface area (Å²) in [7, 11) is 1.55. The molecule has 4 nitrogen and oxygen atoms in total. The Bertz CT molecular complexity index is 805. The zero-order chi connectivity index (χ0) is 21.0. The zero-order valence-electron chi connectivity index (χ0n) is 17.7. The molecule has 0 saturated carbocycles. The third-order valence-corrected chi connectivity index (χ3v) is 6.80. The highest BCUT2D eigenvalue weighted by atomic mass is 32.1. The first-order valence-electron chi connectivity index (χ1n) is 10.2. The van der Waals surface area contributed by atoms with Crippen molar-refractivity contribution in [3.8, 4) is 0 Å². The number of halogens is 1. The van der Waals surface area contributed by atoms with Crippen LogP contribution in [-0.2, 0) is 16.1 Å². The molecule has 1 amide bonds. The Morgan fingerprint density at radius 3 is 2.59 bits per heavy atom. The van der Waals surface area contributed by atoms with Gasteiger partial charge in [0.25, 0.3) is 0 Å². The van der Waals surface area contributed by atoms with Crippen molar-refractivity contribution in [2.45, 2.75) is 39.3 Å². The van der Waals surface area contributed by atoms with Crippen molar-refractivity contribution < 1.29 is 13.9 Å². The van der Waals surface area contributed by atoms with Gasteiger partial charge in [-0.1, -0.05) is 12.1 Å². The van der Waals surface area contributed by atoms with Crippen molar-refractivity contribution in [1.82, 2.24) is 9.80 Å². The number of ether oxygens (including phenoxy) is 1. The maximum Gasteiger partial charge on any atom is 0.248 e. The number of likely N-dealkylation sites (tertiary alicyclic amines) is 1. The van der Waals surface area contributed by atoms with Crippen molar-refractivity contribution in [1.29, 1.82) is 0 Å². The fraction of sp³-hybridized carbons (Fsp3) is 0.522. The molecule has 0 spiro atoms. The maximum atomic E-state index is 13.5. The van der Waals surface area contributed by atoms with Gasteiger partial charge in [0.1, 0.15) is 12.4 Å². The molecule has 1 aliphatic heterocycles. The molecular weight excluding hydrogens is 387 g/mol. The summed E-state index contributed by atoms with van der Waals surface area (Å²) in [6, 6.07) is 9.13. The smallest absolute Gasteiger partial charge is 0.248 e. The summed E-state index contributed by atoms with van der Waals surface area (Å²) in [5.41, 5.74) is 2.47. The number of rotatable bonds is 8. The van der Waals surface area contributed by atoms with Gasteiger partial charge in [-0.3, -0.25) is 9.69 Å². The Kier molecular flexibility index (Phi) is 7.44. The van der Waals surface area contributed by atoms with E-state index in [1.165, 1.54) is 22.6 Å². The molecule has 1 saturated heterocycles. The Labute approximate surface area is 177 Å². The second-order valence-corrected chi connectivity index (χ2v) is 9.21. The predicted molar refractivity (Wildman–Crippen MR) is 116 cm³/mol. The van der Waals surface area contributed by atoms with Crippen LogP contribution in [0.1, 0.15) is 35.8 Å². The van der Waals surface area contributed by atoms with Gasteiger partial charge in [-0.25, -0.2) is 4.39 Å². The minimum absolute atomic E-state index is 0.0212. The number of amides is 1. The van der Waals surface area contributed by atoms with Gasteiger partial charge in [-0.05, 0) is 61.4 Å². The van der Waals surface area contributed by atoms with Gasteiger partial charge < -0.3 is 9.64 Å². The molecule has 2 atom stereocenters. The molecule has 0 N–H and O–H groups in total. The average Bonchev–Trinajstić information content (AvgIpc) is 3.26. The Hall–Kier alpha value is -1.76. The van der Waals surface area contributed by atoms with Gasteiger partial charge in [0.2, 0.25) is 5.91 Å². The lowest BCUT2D eigenvalue weighted by Crippen LogP contribution is -2.43. The fourth-order valence-electron chi connectivity index (χ4n) is 4.19. The maximum absolute atomic E-state index is 13.5. The second kappa shape index (κ2) is 9.83. The van der Waals surface area contributed by atoms with Gasteiger partial charge in [0, 0.05) is 50.1 Å². The van der Waals surface area contributed by atoms with Crippen molar-refractivity contribution in [2.75, 3.05) is 33.4 Å². The van der Waals surface area contributed by atoms with Crippen LogP contribution < -0.4 is 0 Å². The molecule has 2 unspecified atom stereocenters. The number of carbonyl (C=O) groups is 1. The van der Waals surface area contributed by atoms with Gasteiger partial charge in [-0.2, -0.15) is 0 Å². The Morgan fingerprint density at radius 1 is 1.28 bits per heavy atom. The fourth-order valence-corrected chi connectivity index (χ4v) is 5.14. The van der Waals surface area contributed by atoms with Crippen LogP contribution in [-0.4, -0.2) is 55.1 Å². The van der Waals surface area contributed by atoms with E-state index in [2.05, 4.69) is 23.3 Å². The molecule has 158 valence electrons. The summed E-state index contributed by atoms with van der Waals surface area (Å²) < 4.78 is 18.6. The van der Waals surface area contributed by atoms with Crippen molar-refractivity contribution in [3.63, 3.8) is 0 Å². The van der Waals surface area contributed by atoms with Crippen LogP contribution >= 0.6 is 11.3 Å². The number of carbonyl (C=O) groups excluding carboxylic acids is 1. The number of hydrogen-bond acceptors (Lipinski definition) is 4. The van der Waals surface area contributed by atoms with Gasteiger partial charge in [-0.15, -0.1) is 11.3 Å². The molecule has 1 aliphatic rings. The van der Waals surface area contributed by atoms with Crippen LogP contribution in [0.2, 0.25) is 0 Å². The standard InChI is InChI=1S/C23H31FN2O2S/c1-16(2)26(23(27)15-28-4)12-19-11-25(14-22-17(3)9-10-29-22)13-21(19)18-5-7-20(24)8-6-18/h5-10,16,19,21H,11-15H2,1-4H3. The lowest BCUT2D eigenvalue weighted by atomic mass is 9.88. The highest BCUT2D eigenvalue weighted by Gasteiger charge is 2.36. The Balaban J connectivity index is 1.80. The van der Waals surface area contributed by atoms with Crippen LogP contribution in [0.3, 0.4) is 0 Å². The Morgan fingerprint density at radius 2 is 2.00 bits per heavy atom. The monoisotopic (exact) mass is 418 g/mol. The van der Waals surface area contributed by atoms with Crippen LogP contribution in [0.5, 0.6) is 0 Å². The van der Waals surface area contributed by atoms with Crippen LogP contribution in [0.15, 0.2) is 35.7 Å². The summed E-state index contributed by atoms with van der Waals surface area (Å²) in [5, 5.41) is 2.14. The molecule has 0 bridgehead atoms. The van der Waals surface area contributed by atoms with Crippen molar-refractivity contribution in [2.24, 2.45) is 5.92 Å². The van der Waals surface area contributed by atoms with E-state index in [1.54, 1.807) is 18.4 Å². The molecule has 3 rings (SSSR count). The number of nitrogens with zero attached hydrogens (tertiary/aromatic N) is 2. The van der Waals surface area contributed by atoms with Gasteiger partial charge in [0.15, 0.2) is 0 Å². The molecule has 29 heavy (non-hydrogen) atoms. The van der Waals surface area contributed by atoms with E-state index in [1.807, 2.05) is 30.9 Å². The summed E-state index contributed by atoms with van der Waals surface area (Å²) in [4.78, 5) is 18.4. The first-order valence-corrected chi connectivity index (χ1v) is 11.1.